The molecule has 114 valence electrons. The Bertz CT molecular complexity index is 480. The van der Waals surface area contributed by atoms with Crippen LogP contribution in [-0.4, -0.2) is 42.0 Å². The van der Waals surface area contributed by atoms with Gasteiger partial charge in [-0.1, -0.05) is 11.6 Å². The molecule has 1 saturated heterocycles. The Balaban J connectivity index is 1.78. The molecule has 4 nitrogen and oxygen atoms in total. The second-order valence-corrected chi connectivity index (χ2v) is 6.00. The van der Waals surface area contributed by atoms with Gasteiger partial charge in [0.1, 0.15) is 0 Å². The first-order valence-electron chi connectivity index (χ1n) is 7.69. The number of pyridine rings is 1. The molecule has 0 spiro atoms. The first-order valence-corrected chi connectivity index (χ1v) is 7.69. The summed E-state index contributed by atoms with van der Waals surface area (Å²) in [6.07, 6.45) is 7.99. The van der Waals surface area contributed by atoms with Crippen LogP contribution >= 0.6 is 0 Å². The number of aromatic nitrogens is 1. The van der Waals surface area contributed by atoms with Crippen LogP contribution < -0.4 is 5.32 Å². The van der Waals surface area contributed by atoms with Gasteiger partial charge in [0.05, 0.1) is 0 Å². The fourth-order valence-corrected chi connectivity index (χ4v) is 2.64. The lowest BCUT2D eigenvalue weighted by Crippen LogP contribution is -2.41. The summed E-state index contributed by atoms with van der Waals surface area (Å²) in [4.78, 5) is 18.4. The van der Waals surface area contributed by atoms with Crippen LogP contribution in [0.5, 0.6) is 0 Å². The average Bonchev–Trinajstić information content (AvgIpc) is 2.52. The van der Waals surface area contributed by atoms with Crippen LogP contribution in [0.1, 0.15) is 37.0 Å². The standard InChI is InChI=1S/C17H25N3O/c1-14(2)7-11-20-10-3-4-15(13-20)12-19-17(21)16-5-8-18-9-6-16/h5-9,15H,3-4,10-13H2,1-2H3,(H,19,21)/t15-/m1/s1. The van der Waals surface area contributed by atoms with E-state index in [4.69, 9.17) is 0 Å². The average molecular weight is 287 g/mol. The van der Waals surface area contributed by atoms with Crippen LogP contribution in [0, 0.1) is 5.92 Å². The number of nitrogens with zero attached hydrogens (tertiary/aromatic N) is 2. The zero-order chi connectivity index (χ0) is 15.1. The maximum absolute atomic E-state index is 12.0. The summed E-state index contributed by atoms with van der Waals surface area (Å²) in [5.41, 5.74) is 2.05. The van der Waals surface area contributed by atoms with Gasteiger partial charge in [-0.25, -0.2) is 0 Å². The van der Waals surface area contributed by atoms with E-state index in [1.165, 1.54) is 25.0 Å². The highest BCUT2D eigenvalue weighted by Gasteiger charge is 2.19. The van der Waals surface area contributed by atoms with Crippen molar-refractivity contribution < 1.29 is 4.79 Å². The van der Waals surface area contributed by atoms with Gasteiger partial charge < -0.3 is 5.32 Å². The number of amides is 1. The zero-order valence-electron chi connectivity index (χ0n) is 13.0. The molecule has 0 unspecified atom stereocenters. The Hall–Kier alpha value is -1.68. The van der Waals surface area contributed by atoms with Crippen LogP contribution in [0.25, 0.3) is 0 Å². The molecule has 0 saturated carbocycles. The highest BCUT2D eigenvalue weighted by Crippen LogP contribution is 2.16. The van der Waals surface area contributed by atoms with E-state index < -0.39 is 0 Å². The van der Waals surface area contributed by atoms with E-state index in [-0.39, 0.29) is 5.91 Å². The number of piperidine rings is 1. The molecule has 4 heteroatoms. The second kappa shape index (κ2) is 7.93. The van der Waals surface area contributed by atoms with Gasteiger partial charge in [0.25, 0.3) is 5.91 Å². The zero-order valence-corrected chi connectivity index (χ0v) is 13.0. The minimum atomic E-state index is -0.00109. The van der Waals surface area contributed by atoms with Gasteiger partial charge in [0, 0.05) is 37.6 Å². The second-order valence-electron chi connectivity index (χ2n) is 6.00. The predicted molar refractivity (Wildman–Crippen MR) is 85.2 cm³/mol. The van der Waals surface area contributed by atoms with Gasteiger partial charge in [-0.2, -0.15) is 0 Å². The largest absolute Gasteiger partial charge is 0.352 e. The quantitative estimate of drug-likeness (QED) is 0.846. The van der Waals surface area contributed by atoms with E-state index in [1.807, 2.05) is 0 Å². The predicted octanol–water partition coefficient (Wildman–Crippen LogP) is 2.49. The molecule has 1 aromatic rings. The van der Waals surface area contributed by atoms with Gasteiger partial charge in [-0.15, -0.1) is 0 Å². The first-order chi connectivity index (χ1) is 10.1. The van der Waals surface area contributed by atoms with E-state index in [0.29, 0.717) is 11.5 Å². The number of likely N-dealkylation sites (tertiary alicyclic amines) is 1. The first kappa shape index (κ1) is 15.7. The molecule has 1 amide bonds. The van der Waals surface area contributed by atoms with Gasteiger partial charge >= 0.3 is 0 Å². The molecule has 1 N–H and O–H groups in total. The van der Waals surface area contributed by atoms with Crippen molar-refractivity contribution in [3.05, 3.63) is 41.7 Å². The fourth-order valence-electron chi connectivity index (χ4n) is 2.64. The van der Waals surface area contributed by atoms with Crippen LogP contribution in [0.15, 0.2) is 36.2 Å². The molecule has 0 aromatic carbocycles. The van der Waals surface area contributed by atoms with E-state index in [1.54, 1.807) is 24.5 Å². The molecule has 0 bridgehead atoms. The van der Waals surface area contributed by atoms with Crippen LogP contribution in [-0.2, 0) is 0 Å². The Morgan fingerprint density at radius 2 is 2.19 bits per heavy atom. The fraction of sp³-hybridized carbons (Fsp3) is 0.529. The van der Waals surface area contributed by atoms with Gasteiger partial charge in [-0.3, -0.25) is 14.7 Å². The van der Waals surface area contributed by atoms with Crippen molar-refractivity contribution in [1.82, 2.24) is 15.2 Å². The molecule has 1 aromatic heterocycles. The molecule has 2 heterocycles. The van der Waals surface area contributed by atoms with E-state index >= 15 is 0 Å². The molecule has 1 atom stereocenters. The number of carbonyl (C=O) groups excluding carboxylic acids is 1. The van der Waals surface area contributed by atoms with Gasteiger partial charge in [-0.05, 0) is 51.3 Å². The summed E-state index contributed by atoms with van der Waals surface area (Å²) < 4.78 is 0. The molecular formula is C17H25N3O. The SMILES string of the molecule is CC(C)=CCN1CCC[C@H](CNC(=O)c2ccncc2)C1. The third-order valence-electron chi connectivity index (χ3n) is 3.85. The normalized spacial score (nSPS) is 19.0. The molecular weight excluding hydrogens is 262 g/mol. The number of hydrogen-bond acceptors (Lipinski definition) is 3. The Morgan fingerprint density at radius 1 is 1.43 bits per heavy atom. The minimum Gasteiger partial charge on any atom is -0.352 e. The minimum absolute atomic E-state index is 0.00109. The summed E-state index contributed by atoms with van der Waals surface area (Å²) in [7, 11) is 0. The lowest BCUT2D eigenvalue weighted by Gasteiger charge is -2.32. The van der Waals surface area contributed by atoms with Crippen molar-refractivity contribution in [3.8, 4) is 0 Å². The van der Waals surface area contributed by atoms with E-state index in [0.717, 1.165) is 19.6 Å². The summed E-state index contributed by atoms with van der Waals surface area (Å²) in [5, 5.41) is 3.05. The number of nitrogens with one attached hydrogen (secondary N) is 1. The molecule has 1 fully saturated rings. The molecule has 0 radical (unpaired) electrons. The molecule has 1 aliphatic rings. The van der Waals surface area contributed by atoms with Crippen molar-refractivity contribution in [2.75, 3.05) is 26.2 Å². The maximum Gasteiger partial charge on any atom is 0.251 e. The Kier molecular flexibility index (Phi) is 5.93. The summed E-state index contributed by atoms with van der Waals surface area (Å²) in [6.45, 7) is 8.29. The number of hydrogen-bond donors (Lipinski definition) is 1. The molecule has 21 heavy (non-hydrogen) atoms. The van der Waals surface area contributed by atoms with Crippen molar-refractivity contribution >= 4 is 5.91 Å². The Labute approximate surface area is 127 Å². The van der Waals surface area contributed by atoms with E-state index in [9.17, 15) is 4.79 Å². The third kappa shape index (κ3) is 5.31. The topological polar surface area (TPSA) is 45.2 Å². The summed E-state index contributed by atoms with van der Waals surface area (Å²) >= 11 is 0. The van der Waals surface area contributed by atoms with Gasteiger partial charge in [0.15, 0.2) is 0 Å². The van der Waals surface area contributed by atoms with Crippen LogP contribution in [0.4, 0.5) is 0 Å². The number of allylic oxidation sites excluding steroid dienone is 1. The summed E-state index contributed by atoms with van der Waals surface area (Å²) in [6, 6.07) is 3.49. The Morgan fingerprint density at radius 3 is 2.90 bits per heavy atom. The highest BCUT2D eigenvalue weighted by molar-refractivity contribution is 5.93. The van der Waals surface area contributed by atoms with Crippen molar-refractivity contribution in [3.63, 3.8) is 0 Å². The monoisotopic (exact) mass is 287 g/mol. The van der Waals surface area contributed by atoms with Crippen LogP contribution in [0.2, 0.25) is 0 Å². The maximum atomic E-state index is 12.0. The third-order valence-corrected chi connectivity index (χ3v) is 3.85. The lowest BCUT2D eigenvalue weighted by atomic mass is 9.98. The number of carbonyl (C=O) groups is 1. The van der Waals surface area contributed by atoms with E-state index in [2.05, 4.69) is 35.1 Å². The van der Waals surface area contributed by atoms with Crippen molar-refractivity contribution in [1.29, 1.82) is 0 Å². The van der Waals surface area contributed by atoms with Crippen molar-refractivity contribution in [2.45, 2.75) is 26.7 Å². The van der Waals surface area contributed by atoms with Crippen molar-refractivity contribution in [2.24, 2.45) is 5.92 Å². The number of rotatable bonds is 5. The molecule has 1 aliphatic heterocycles. The molecule has 0 aliphatic carbocycles. The van der Waals surface area contributed by atoms with Crippen LogP contribution in [0.3, 0.4) is 0 Å². The highest BCUT2D eigenvalue weighted by atomic mass is 16.1. The molecule has 2 rings (SSSR count). The van der Waals surface area contributed by atoms with Gasteiger partial charge in [0.2, 0.25) is 0 Å². The lowest BCUT2D eigenvalue weighted by molar-refractivity contribution is 0.0934. The summed E-state index contributed by atoms with van der Waals surface area (Å²) in [5.74, 6) is 0.550. The smallest absolute Gasteiger partial charge is 0.251 e.